The second-order valence-electron chi connectivity index (χ2n) is 4.32. The summed E-state index contributed by atoms with van der Waals surface area (Å²) >= 11 is 5.98. The summed E-state index contributed by atoms with van der Waals surface area (Å²) in [6.07, 6.45) is 1.40. The van der Waals surface area contributed by atoms with Crippen LogP contribution in [0.3, 0.4) is 0 Å². The number of hydrogen-bond acceptors (Lipinski definition) is 3. The van der Waals surface area contributed by atoms with E-state index in [-0.39, 0.29) is 5.91 Å². The van der Waals surface area contributed by atoms with Gasteiger partial charge in [0.15, 0.2) is 12.0 Å². The lowest BCUT2D eigenvalue weighted by molar-refractivity contribution is 0.0951. The minimum absolute atomic E-state index is 0.201. The Morgan fingerprint density at radius 3 is 2.95 bits per heavy atom. The lowest BCUT2D eigenvalue weighted by atomic mass is 10.2. The molecule has 1 heterocycles. The Morgan fingerprint density at radius 2 is 2.10 bits per heavy atom. The quantitative estimate of drug-likeness (QED) is 0.803. The van der Waals surface area contributed by atoms with Crippen LogP contribution in [-0.4, -0.2) is 10.9 Å². The van der Waals surface area contributed by atoms with Gasteiger partial charge in [-0.1, -0.05) is 29.8 Å². The number of carbonyl (C=O) groups is 1. The third-order valence-corrected chi connectivity index (χ3v) is 3.30. The van der Waals surface area contributed by atoms with Crippen molar-refractivity contribution in [1.82, 2.24) is 10.3 Å². The normalized spacial score (nSPS) is 10.7. The van der Waals surface area contributed by atoms with Crippen molar-refractivity contribution in [2.75, 3.05) is 0 Å². The highest BCUT2D eigenvalue weighted by molar-refractivity contribution is 6.33. The smallest absolute Gasteiger partial charge is 0.253 e. The summed E-state index contributed by atoms with van der Waals surface area (Å²) in [5.74, 6) is -0.201. The van der Waals surface area contributed by atoms with Crippen molar-refractivity contribution in [2.45, 2.75) is 6.54 Å². The number of aromatic nitrogens is 1. The molecule has 1 amide bonds. The fourth-order valence-corrected chi connectivity index (χ4v) is 2.15. The number of benzene rings is 2. The van der Waals surface area contributed by atoms with Crippen LogP contribution in [-0.2, 0) is 6.54 Å². The van der Waals surface area contributed by atoms with Crippen molar-refractivity contribution in [3.63, 3.8) is 0 Å². The van der Waals surface area contributed by atoms with Gasteiger partial charge in [0, 0.05) is 6.54 Å². The zero-order chi connectivity index (χ0) is 13.9. The van der Waals surface area contributed by atoms with E-state index < -0.39 is 0 Å². The second kappa shape index (κ2) is 5.35. The maximum atomic E-state index is 12.0. The first-order chi connectivity index (χ1) is 9.74. The molecule has 0 aliphatic rings. The molecule has 0 atom stereocenters. The molecule has 0 bridgehead atoms. The highest BCUT2D eigenvalue weighted by Gasteiger charge is 2.09. The van der Waals surface area contributed by atoms with E-state index in [1.54, 1.807) is 24.3 Å². The van der Waals surface area contributed by atoms with Gasteiger partial charge < -0.3 is 9.73 Å². The molecule has 3 aromatic rings. The van der Waals surface area contributed by atoms with Crippen molar-refractivity contribution in [3.05, 3.63) is 65.0 Å². The summed E-state index contributed by atoms with van der Waals surface area (Å²) in [4.78, 5) is 16.1. The van der Waals surface area contributed by atoms with Crippen molar-refractivity contribution in [2.24, 2.45) is 0 Å². The standard InChI is InChI=1S/C15H11ClN2O2/c16-12-4-2-1-3-11(12)15(19)17-8-10-5-6-13-14(7-10)20-9-18-13/h1-7,9H,8H2,(H,17,19). The van der Waals surface area contributed by atoms with Gasteiger partial charge >= 0.3 is 0 Å². The van der Waals surface area contributed by atoms with Gasteiger partial charge in [0.25, 0.3) is 5.91 Å². The molecule has 4 nitrogen and oxygen atoms in total. The Hall–Kier alpha value is -2.33. The van der Waals surface area contributed by atoms with Crippen LogP contribution >= 0.6 is 11.6 Å². The Kier molecular flexibility index (Phi) is 3.39. The topological polar surface area (TPSA) is 55.1 Å². The number of halogens is 1. The van der Waals surface area contributed by atoms with Crippen LogP contribution in [0.5, 0.6) is 0 Å². The first-order valence-corrected chi connectivity index (χ1v) is 6.47. The predicted molar refractivity (Wildman–Crippen MR) is 76.6 cm³/mol. The lowest BCUT2D eigenvalue weighted by Crippen LogP contribution is -2.23. The lowest BCUT2D eigenvalue weighted by Gasteiger charge is -2.06. The van der Waals surface area contributed by atoms with Crippen LogP contribution in [0, 0.1) is 0 Å². The van der Waals surface area contributed by atoms with Crippen LogP contribution in [0.25, 0.3) is 11.1 Å². The van der Waals surface area contributed by atoms with Crippen molar-refractivity contribution in [3.8, 4) is 0 Å². The molecule has 1 N–H and O–H groups in total. The number of rotatable bonds is 3. The SMILES string of the molecule is O=C(NCc1ccc2ncoc2c1)c1ccccc1Cl. The molecule has 0 aliphatic carbocycles. The number of fused-ring (bicyclic) bond motifs is 1. The van der Waals surface area contributed by atoms with Crippen molar-refractivity contribution < 1.29 is 9.21 Å². The number of carbonyl (C=O) groups excluding carboxylic acids is 1. The fraction of sp³-hybridized carbons (Fsp3) is 0.0667. The molecule has 100 valence electrons. The number of hydrogen-bond donors (Lipinski definition) is 1. The molecule has 0 saturated heterocycles. The monoisotopic (exact) mass is 286 g/mol. The Balaban J connectivity index is 1.73. The Labute approximate surface area is 120 Å². The highest BCUT2D eigenvalue weighted by atomic mass is 35.5. The third-order valence-electron chi connectivity index (χ3n) is 2.97. The molecule has 0 radical (unpaired) electrons. The summed E-state index contributed by atoms with van der Waals surface area (Å²) in [7, 11) is 0. The molecule has 20 heavy (non-hydrogen) atoms. The summed E-state index contributed by atoms with van der Waals surface area (Å²) in [6.45, 7) is 0.403. The maximum Gasteiger partial charge on any atom is 0.253 e. The van der Waals surface area contributed by atoms with E-state index in [0.29, 0.717) is 22.7 Å². The first kappa shape index (κ1) is 12.7. The van der Waals surface area contributed by atoms with Gasteiger partial charge in [0.05, 0.1) is 10.6 Å². The maximum absolute atomic E-state index is 12.0. The van der Waals surface area contributed by atoms with Crippen LogP contribution in [0.2, 0.25) is 5.02 Å². The summed E-state index contributed by atoms with van der Waals surface area (Å²) in [5, 5.41) is 3.27. The van der Waals surface area contributed by atoms with Gasteiger partial charge in [-0.15, -0.1) is 0 Å². The third kappa shape index (κ3) is 2.51. The largest absolute Gasteiger partial charge is 0.443 e. The molecule has 2 aromatic carbocycles. The minimum atomic E-state index is -0.201. The van der Waals surface area contributed by atoms with E-state index in [1.165, 1.54) is 6.39 Å². The van der Waals surface area contributed by atoms with E-state index in [2.05, 4.69) is 10.3 Å². The fourth-order valence-electron chi connectivity index (χ4n) is 1.93. The van der Waals surface area contributed by atoms with Gasteiger partial charge in [-0.05, 0) is 29.8 Å². The van der Waals surface area contributed by atoms with E-state index >= 15 is 0 Å². The summed E-state index contributed by atoms with van der Waals surface area (Å²) < 4.78 is 5.22. The molecule has 1 aromatic heterocycles. The van der Waals surface area contributed by atoms with Crippen LogP contribution in [0.15, 0.2) is 53.3 Å². The number of oxazole rings is 1. The average molecular weight is 287 g/mol. The van der Waals surface area contributed by atoms with Crippen LogP contribution in [0.4, 0.5) is 0 Å². The van der Waals surface area contributed by atoms with Crippen molar-refractivity contribution >= 4 is 28.6 Å². The zero-order valence-electron chi connectivity index (χ0n) is 10.5. The van der Waals surface area contributed by atoms with E-state index in [0.717, 1.165) is 11.1 Å². The molecule has 0 unspecified atom stereocenters. The van der Waals surface area contributed by atoms with Crippen LogP contribution in [0.1, 0.15) is 15.9 Å². The minimum Gasteiger partial charge on any atom is -0.443 e. The van der Waals surface area contributed by atoms with Gasteiger partial charge in [-0.2, -0.15) is 0 Å². The molecule has 0 spiro atoms. The van der Waals surface area contributed by atoms with E-state index in [1.807, 2.05) is 18.2 Å². The highest BCUT2D eigenvalue weighted by Crippen LogP contribution is 2.16. The summed E-state index contributed by atoms with van der Waals surface area (Å²) in [5.41, 5.74) is 2.91. The van der Waals surface area contributed by atoms with E-state index in [4.69, 9.17) is 16.0 Å². The molecule has 0 fully saturated rings. The molecule has 3 rings (SSSR count). The predicted octanol–water partition coefficient (Wildman–Crippen LogP) is 3.41. The Morgan fingerprint density at radius 1 is 1.25 bits per heavy atom. The van der Waals surface area contributed by atoms with Crippen molar-refractivity contribution in [1.29, 1.82) is 0 Å². The number of nitrogens with one attached hydrogen (secondary N) is 1. The molecule has 5 heteroatoms. The van der Waals surface area contributed by atoms with Crippen LogP contribution < -0.4 is 5.32 Å². The van der Waals surface area contributed by atoms with Gasteiger partial charge in [0.2, 0.25) is 0 Å². The summed E-state index contributed by atoms with van der Waals surface area (Å²) in [6, 6.07) is 12.6. The first-order valence-electron chi connectivity index (χ1n) is 6.09. The molecule has 0 aliphatic heterocycles. The second-order valence-corrected chi connectivity index (χ2v) is 4.72. The average Bonchev–Trinajstić information content (AvgIpc) is 2.92. The number of nitrogens with zero attached hydrogens (tertiary/aromatic N) is 1. The van der Waals surface area contributed by atoms with Gasteiger partial charge in [0.1, 0.15) is 5.52 Å². The number of amides is 1. The molecular formula is C15H11ClN2O2. The molecular weight excluding hydrogens is 276 g/mol. The Bertz CT molecular complexity index is 767. The zero-order valence-corrected chi connectivity index (χ0v) is 11.2. The van der Waals surface area contributed by atoms with Gasteiger partial charge in [-0.25, -0.2) is 4.98 Å². The van der Waals surface area contributed by atoms with E-state index in [9.17, 15) is 4.79 Å². The molecule has 0 saturated carbocycles. The van der Waals surface area contributed by atoms with Gasteiger partial charge in [-0.3, -0.25) is 4.79 Å².